The van der Waals surface area contributed by atoms with E-state index in [0.717, 1.165) is 5.13 Å². The van der Waals surface area contributed by atoms with Crippen molar-refractivity contribution >= 4 is 16.7 Å². The van der Waals surface area contributed by atoms with Gasteiger partial charge < -0.3 is 5.32 Å². The van der Waals surface area contributed by atoms with Gasteiger partial charge in [-0.1, -0.05) is 13.3 Å². The summed E-state index contributed by atoms with van der Waals surface area (Å²) >= 11 is 1.40. The zero-order valence-corrected chi connectivity index (χ0v) is 7.69. The molecule has 0 radical (unpaired) electrons. The van der Waals surface area contributed by atoms with E-state index >= 15 is 0 Å². The van der Waals surface area contributed by atoms with E-state index in [4.69, 9.17) is 0 Å². The topological polar surface area (TPSA) is 37.8 Å². The highest BCUT2D eigenvalue weighted by Gasteiger charge is 2.01. The Labute approximate surface area is 71.0 Å². The number of rotatable bonds is 4. The van der Waals surface area contributed by atoms with Crippen molar-refractivity contribution in [1.82, 2.24) is 9.36 Å². The fourth-order valence-corrected chi connectivity index (χ4v) is 1.49. The number of nitrogens with zero attached hydrogens (tertiary/aromatic N) is 2. The van der Waals surface area contributed by atoms with E-state index in [1.807, 2.05) is 0 Å². The van der Waals surface area contributed by atoms with Crippen LogP contribution in [0, 0.1) is 0 Å². The number of aromatic nitrogens is 2. The van der Waals surface area contributed by atoms with Crippen LogP contribution < -0.4 is 5.32 Å². The van der Waals surface area contributed by atoms with Crippen molar-refractivity contribution in [2.24, 2.45) is 0 Å². The van der Waals surface area contributed by atoms with Gasteiger partial charge in [-0.2, -0.15) is 4.37 Å². The zero-order valence-electron chi connectivity index (χ0n) is 6.87. The van der Waals surface area contributed by atoms with Crippen LogP contribution in [-0.4, -0.2) is 15.4 Å². The van der Waals surface area contributed by atoms with Gasteiger partial charge in [-0.25, -0.2) is 4.98 Å². The lowest BCUT2D eigenvalue weighted by Gasteiger charge is -2.09. The van der Waals surface area contributed by atoms with E-state index in [2.05, 4.69) is 28.5 Å². The van der Waals surface area contributed by atoms with Crippen LogP contribution in [-0.2, 0) is 0 Å². The van der Waals surface area contributed by atoms with Crippen molar-refractivity contribution < 1.29 is 0 Å². The third kappa shape index (κ3) is 2.84. The molecule has 0 spiro atoms. The van der Waals surface area contributed by atoms with Crippen molar-refractivity contribution in [2.75, 3.05) is 5.32 Å². The molecule has 0 amide bonds. The molecule has 1 atom stereocenters. The summed E-state index contributed by atoms with van der Waals surface area (Å²) in [6.45, 7) is 4.34. The molecule has 1 aromatic heterocycles. The van der Waals surface area contributed by atoms with Crippen LogP contribution in [0.4, 0.5) is 5.13 Å². The summed E-state index contributed by atoms with van der Waals surface area (Å²) in [6, 6.07) is 0.507. The second-order valence-corrected chi connectivity index (χ2v) is 3.36. The van der Waals surface area contributed by atoms with E-state index in [9.17, 15) is 0 Å². The molecule has 1 aromatic rings. The summed E-state index contributed by atoms with van der Waals surface area (Å²) in [7, 11) is 0. The molecule has 0 aromatic carbocycles. The monoisotopic (exact) mass is 171 g/mol. The highest BCUT2D eigenvalue weighted by molar-refractivity contribution is 7.09. The van der Waals surface area contributed by atoms with Gasteiger partial charge in [0.05, 0.1) is 0 Å². The maximum atomic E-state index is 4.03. The van der Waals surface area contributed by atoms with Crippen LogP contribution in [0.5, 0.6) is 0 Å². The highest BCUT2D eigenvalue weighted by Crippen LogP contribution is 2.10. The number of hydrogen-bond donors (Lipinski definition) is 1. The third-order valence-electron chi connectivity index (χ3n) is 1.45. The van der Waals surface area contributed by atoms with E-state index in [1.165, 1.54) is 24.4 Å². The van der Waals surface area contributed by atoms with Gasteiger partial charge >= 0.3 is 0 Å². The van der Waals surface area contributed by atoms with Crippen LogP contribution in [0.15, 0.2) is 6.33 Å². The molecule has 0 aliphatic rings. The molecule has 1 unspecified atom stereocenters. The van der Waals surface area contributed by atoms with Gasteiger partial charge in [-0.15, -0.1) is 0 Å². The fraction of sp³-hybridized carbons (Fsp3) is 0.714. The first-order chi connectivity index (χ1) is 5.33. The second-order valence-electron chi connectivity index (χ2n) is 2.58. The minimum atomic E-state index is 0.507. The molecule has 1 heterocycles. The van der Waals surface area contributed by atoms with Gasteiger partial charge in [0.1, 0.15) is 6.33 Å². The summed E-state index contributed by atoms with van der Waals surface area (Å²) in [5.74, 6) is 0. The van der Waals surface area contributed by atoms with Gasteiger partial charge in [0, 0.05) is 17.6 Å². The van der Waals surface area contributed by atoms with Crippen LogP contribution in [0.1, 0.15) is 26.7 Å². The summed E-state index contributed by atoms with van der Waals surface area (Å²) in [5.41, 5.74) is 0. The van der Waals surface area contributed by atoms with Gasteiger partial charge in [0.2, 0.25) is 5.13 Å². The predicted octanol–water partition coefficient (Wildman–Crippen LogP) is 2.14. The van der Waals surface area contributed by atoms with Crippen LogP contribution in [0.2, 0.25) is 0 Å². The molecular formula is C7H13N3S. The average molecular weight is 171 g/mol. The standard InChI is InChI=1S/C7H13N3S/c1-3-4-6(2)10-7-8-5-9-11-7/h5-6H,3-4H2,1-2H3,(H,8,9,10). The summed E-state index contributed by atoms with van der Waals surface area (Å²) in [4.78, 5) is 4.03. The van der Waals surface area contributed by atoms with Crippen LogP contribution in [0.3, 0.4) is 0 Å². The molecule has 0 aliphatic heterocycles. The van der Waals surface area contributed by atoms with Gasteiger partial charge in [-0.05, 0) is 13.3 Å². The lowest BCUT2D eigenvalue weighted by Crippen LogP contribution is -2.13. The molecule has 0 saturated carbocycles. The van der Waals surface area contributed by atoms with Gasteiger partial charge in [0.15, 0.2) is 0 Å². The van der Waals surface area contributed by atoms with Crippen molar-refractivity contribution in [3.63, 3.8) is 0 Å². The molecule has 0 fully saturated rings. The number of nitrogens with one attached hydrogen (secondary N) is 1. The zero-order chi connectivity index (χ0) is 8.10. The Balaban J connectivity index is 2.31. The Morgan fingerprint density at radius 1 is 1.73 bits per heavy atom. The molecule has 1 rings (SSSR count). The molecule has 0 bridgehead atoms. The van der Waals surface area contributed by atoms with Gasteiger partial charge in [-0.3, -0.25) is 0 Å². The Morgan fingerprint density at radius 2 is 2.55 bits per heavy atom. The minimum absolute atomic E-state index is 0.507. The summed E-state index contributed by atoms with van der Waals surface area (Å²) in [5, 5.41) is 4.19. The Morgan fingerprint density at radius 3 is 3.09 bits per heavy atom. The summed E-state index contributed by atoms with van der Waals surface area (Å²) in [6.07, 6.45) is 3.96. The average Bonchev–Trinajstić information content (AvgIpc) is 2.40. The highest BCUT2D eigenvalue weighted by atomic mass is 32.1. The Kier molecular flexibility index (Phi) is 3.29. The number of anilines is 1. The van der Waals surface area contributed by atoms with Crippen molar-refractivity contribution in [3.05, 3.63) is 6.33 Å². The first kappa shape index (κ1) is 8.46. The van der Waals surface area contributed by atoms with E-state index in [-0.39, 0.29) is 0 Å². The fourth-order valence-electron chi connectivity index (χ4n) is 0.953. The van der Waals surface area contributed by atoms with E-state index in [1.54, 1.807) is 6.33 Å². The molecule has 0 saturated heterocycles. The molecule has 3 nitrogen and oxygen atoms in total. The lowest BCUT2D eigenvalue weighted by molar-refractivity contribution is 0.690. The predicted molar refractivity (Wildman–Crippen MR) is 47.9 cm³/mol. The normalized spacial score (nSPS) is 12.9. The van der Waals surface area contributed by atoms with E-state index in [0.29, 0.717) is 6.04 Å². The van der Waals surface area contributed by atoms with Gasteiger partial charge in [0.25, 0.3) is 0 Å². The molecular weight excluding hydrogens is 158 g/mol. The summed E-state index contributed by atoms with van der Waals surface area (Å²) < 4.78 is 3.90. The van der Waals surface area contributed by atoms with Crippen molar-refractivity contribution in [1.29, 1.82) is 0 Å². The SMILES string of the molecule is CCCC(C)Nc1ncns1. The third-order valence-corrected chi connectivity index (χ3v) is 2.05. The largest absolute Gasteiger partial charge is 0.358 e. The molecule has 11 heavy (non-hydrogen) atoms. The van der Waals surface area contributed by atoms with Crippen LogP contribution in [0.25, 0.3) is 0 Å². The lowest BCUT2D eigenvalue weighted by atomic mass is 10.2. The number of hydrogen-bond acceptors (Lipinski definition) is 4. The molecule has 1 N–H and O–H groups in total. The maximum absolute atomic E-state index is 4.03. The van der Waals surface area contributed by atoms with Crippen molar-refractivity contribution in [3.8, 4) is 0 Å². The maximum Gasteiger partial charge on any atom is 0.202 e. The Bertz CT molecular complexity index is 186. The first-order valence-corrected chi connectivity index (χ1v) is 4.63. The first-order valence-electron chi connectivity index (χ1n) is 3.86. The molecule has 62 valence electrons. The van der Waals surface area contributed by atoms with E-state index < -0.39 is 0 Å². The smallest absolute Gasteiger partial charge is 0.202 e. The molecule has 0 aliphatic carbocycles. The quantitative estimate of drug-likeness (QED) is 0.754. The van der Waals surface area contributed by atoms with Crippen molar-refractivity contribution in [2.45, 2.75) is 32.7 Å². The second kappa shape index (κ2) is 4.28. The van der Waals surface area contributed by atoms with Crippen LogP contribution >= 0.6 is 11.5 Å². The minimum Gasteiger partial charge on any atom is -0.358 e. The Hall–Kier alpha value is -0.640. The molecule has 4 heteroatoms.